The molecule has 0 saturated heterocycles. The van der Waals surface area contributed by atoms with Gasteiger partial charge >= 0.3 is 0 Å². The van der Waals surface area contributed by atoms with Gasteiger partial charge < -0.3 is 9.47 Å². The molecular weight excluding hydrogens is 423 g/mol. The number of rotatable bonds is 7. The van der Waals surface area contributed by atoms with Crippen molar-refractivity contribution in [3.63, 3.8) is 0 Å². The summed E-state index contributed by atoms with van der Waals surface area (Å²) in [6.07, 6.45) is 1.54. The minimum Gasteiger partial charge on any atom is -0.493 e. The Hall–Kier alpha value is -3.02. The molecule has 5 nitrogen and oxygen atoms in total. The number of nitrogens with one attached hydrogen (secondary N) is 1. The Balaban J connectivity index is 1.64. The topological polar surface area (TPSA) is 59.9 Å². The minimum absolute atomic E-state index is 0.270. The third-order valence-corrected chi connectivity index (χ3v) is 4.83. The van der Waals surface area contributed by atoms with Crippen molar-refractivity contribution in [1.29, 1.82) is 0 Å². The van der Waals surface area contributed by atoms with Gasteiger partial charge in [0.1, 0.15) is 6.61 Å². The zero-order chi connectivity index (χ0) is 21.5. The predicted octanol–water partition coefficient (Wildman–Crippen LogP) is 5.65. The second-order valence-electron chi connectivity index (χ2n) is 6.50. The lowest BCUT2D eigenvalue weighted by Crippen LogP contribution is -2.17. The van der Waals surface area contributed by atoms with Crippen LogP contribution in [-0.2, 0) is 6.61 Å². The largest absolute Gasteiger partial charge is 0.493 e. The first-order chi connectivity index (χ1) is 14.5. The molecule has 0 bridgehead atoms. The highest BCUT2D eigenvalue weighted by Gasteiger charge is 2.08. The second kappa shape index (κ2) is 10.1. The van der Waals surface area contributed by atoms with Crippen molar-refractivity contribution in [2.24, 2.45) is 5.10 Å². The molecule has 0 fully saturated rings. The molecule has 0 heterocycles. The number of nitrogens with zero attached hydrogens (tertiary/aromatic N) is 1. The van der Waals surface area contributed by atoms with E-state index in [-0.39, 0.29) is 12.5 Å². The number of hydrogen-bond donors (Lipinski definition) is 1. The third-order valence-electron chi connectivity index (χ3n) is 4.25. The molecule has 0 unspecified atom stereocenters. The maximum atomic E-state index is 12.1. The Bertz CT molecular complexity index is 1080. The van der Waals surface area contributed by atoms with Gasteiger partial charge in [-0.15, -0.1) is 0 Å². The summed E-state index contributed by atoms with van der Waals surface area (Å²) in [5, 5.41) is 5.12. The molecule has 30 heavy (non-hydrogen) atoms. The number of amides is 1. The Morgan fingerprint density at radius 1 is 1.07 bits per heavy atom. The van der Waals surface area contributed by atoms with E-state index in [1.165, 1.54) is 6.21 Å². The van der Waals surface area contributed by atoms with Gasteiger partial charge in [-0.2, -0.15) is 5.10 Å². The van der Waals surface area contributed by atoms with Crippen LogP contribution in [0.4, 0.5) is 0 Å². The number of ether oxygens (including phenoxy) is 2. The molecule has 0 spiro atoms. The van der Waals surface area contributed by atoms with Crippen molar-refractivity contribution in [3.8, 4) is 11.5 Å². The minimum atomic E-state index is -0.276. The first kappa shape index (κ1) is 21.7. The average molecular weight is 443 g/mol. The van der Waals surface area contributed by atoms with Crippen molar-refractivity contribution in [2.45, 2.75) is 13.5 Å². The van der Waals surface area contributed by atoms with Gasteiger partial charge in [-0.25, -0.2) is 5.43 Å². The molecule has 3 aromatic rings. The molecular formula is C23H20Cl2N2O3. The molecule has 0 aliphatic carbocycles. The first-order valence-corrected chi connectivity index (χ1v) is 9.86. The number of hydrazone groups is 1. The summed E-state index contributed by atoms with van der Waals surface area (Å²) in [5.41, 5.74) is 5.63. The molecule has 0 atom stereocenters. The maximum absolute atomic E-state index is 12.1. The van der Waals surface area contributed by atoms with Crippen molar-refractivity contribution in [1.82, 2.24) is 5.43 Å². The van der Waals surface area contributed by atoms with Crippen LogP contribution in [0.1, 0.15) is 27.0 Å². The number of carbonyl (C=O) groups is 1. The summed E-state index contributed by atoms with van der Waals surface area (Å²) in [7, 11) is 1.55. The van der Waals surface area contributed by atoms with Gasteiger partial charge in [0.05, 0.1) is 13.3 Å². The summed E-state index contributed by atoms with van der Waals surface area (Å²) < 4.78 is 11.2. The van der Waals surface area contributed by atoms with Gasteiger partial charge in [-0.3, -0.25) is 4.79 Å². The van der Waals surface area contributed by atoms with Crippen LogP contribution >= 0.6 is 23.2 Å². The molecule has 154 valence electrons. The van der Waals surface area contributed by atoms with Crippen LogP contribution in [0.25, 0.3) is 0 Å². The quantitative estimate of drug-likeness (QED) is 0.379. The van der Waals surface area contributed by atoms with Crippen LogP contribution < -0.4 is 14.9 Å². The molecule has 7 heteroatoms. The van der Waals surface area contributed by atoms with Gasteiger partial charge in [0.25, 0.3) is 5.91 Å². The van der Waals surface area contributed by atoms with Gasteiger partial charge in [0, 0.05) is 21.2 Å². The molecule has 0 aromatic heterocycles. The zero-order valence-electron chi connectivity index (χ0n) is 16.5. The molecule has 0 aliphatic heterocycles. The lowest BCUT2D eigenvalue weighted by molar-refractivity contribution is 0.0955. The fourth-order valence-electron chi connectivity index (χ4n) is 2.69. The van der Waals surface area contributed by atoms with Crippen LogP contribution in [0, 0.1) is 6.92 Å². The lowest BCUT2D eigenvalue weighted by Gasteiger charge is -2.12. The molecule has 3 aromatic carbocycles. The fraction of sp³-hybridized carbons (Fsp3) is 0.130. The van der Waals surface area contributed by atoms with Crippen molar-refractivity contribution >= 4 is 35.3 Å². The van der Waals surface area contributed by atoms with Crippen LogP contribution in [0.2, 0.25) is 10.0 Å². The average Bonchev–Trinajstić information content (AvgIpc) is 2.73. The van der Waals surface area contributed by atoms with E-state index in [1.54, 1.807) is 43.5 Å². The molecule has 0 aliphatic rings. The highest BCUT2D eigenvalue weighted by atomic mass is 35.5. The number of benzene rings is 3. The van der Waals surface area contributed by atoms with E-state index in [1.807, 2.05) is 31.2 Å². The van der Waals surface area contributed by atoms with Gasteiger partial charge in [0.15, 0.2) is 11.5 Å². The van der Waals surface area contributed by atoms with E-state index in [0.717, 1.165) is 16.7 Å². The van der Waals surface area contributed by atoms with E-state index < -0.39 is 0 Å². The molecule has 0 saturated carbocycles. The molecule has 1 N–H and O–H groups in total. The predicted molar refractivity (Wildman–Crippen MR) is 120 cm³/mol. The Kier molecular flexibility index (Phi) is 7.33. The van der Waals surface area contributed by atoms with Gasteiger partial charge in [-0.05, 0) is 55.0 Å². The van der Waals surface area contributed by atoms with Crippen molar-refractivity contribution in [2.75, 3.05) is 7.11 Å². The summed E-state index contributed by atoms with van der Waals surface area (Å²) in [5.74, 6) is 0.820. The van der Waals surface area contributed by atoms with E-state index in [4.69, 9.17) is 32.7 Å². The Morgan fingerprint density at radius 2 is 1.90 bits per heavy atom. The summed E-state index contributed by atoms with van der Waals surface area (Å²) in [6.45, 7) is 2.20. The van der Waals surface area contributed by atoms with Crippen LogP contribution in [-0.4, -0.2) is 19.2 Å². The van der Waals surface area contributed by atoms with E-state index in [2.05, 4.69) is 10.5 Å². The van der Waals surface area contributed by atoms with Crippen LogP contribution in [0.5, 0.6) is 11.5 Å². The van der Waals surface area contributed by atoms with Gasteiger partial charge in [-0.1, -0.05) is 47.0 Å². The highest BCUT2D eigenvalue weighted by molar-refractivity contribution is 6.35. The summed E-state index contributed by atoms with van der Waals surface area (Å²) >= 11 is 12.1. The Labute approximate surface area is 185 Å². The maximum Gasteiger partial charge on any atom is 0.271 e. The number of hydrogen-bond acceptors (Lipinski definition) is 4. The van der Waals surface area contributed by atoms with E-state index in [9.17, 15) is 4.79 Å². The number of carbonyl (C=O) groups excluding carboxylic acids is 1. The second-order valence-corrected chi connectivity index (χ2v) is 7.35. The summed E-state index contributed by atoms with van der Waals surface area (Å²) in [6, 6.07) is 17.9. The fourth-order valence-corrected chi connectivity index (χ4v) is 3.16. The summed E-state index contributed by atoms with van der Waals surface area (Å²) in [4.78, 5) is 12.1. The van der Waals surface area contributed by atoms with E-state index in [0.29, 0.717) is 27.1 Å². The molecule has 0 radical (unpaired) electrons. The third kappa shape index (κ3) is 5.75. The standard InChI is InChI=1S/C23H20Cl2N2O3/c1-15-4-3-5-17(10-15)23(28)27-26-13-16-6-9-21(22(11-16)29-2)30-14-18-7-8-19(24)12-20(18)25/h3-13H,14H2,1-2H3,(H,27,28)/b26-13+. The number of methoxy groups -OCH3 is 1. The van der Waals surface area contributed by atoms with E-state index >= 15 is 0 Å². The molecule has 3 rings (SSSR count). The number of halogens is 2. The normalized spacial score (nSPS) is 10.8. The lowest BCUT2D eigenvalue weighted by atomic mass is 10.1. The van der Waals surface area contributed by atoms with Crippen molar-refractivity contribution in [3.05, 3.63) is 93.0 Å². The van der Waals surface area contributed by atoms with Crippen LogP contribution in [0.3, 0.4) is 0 Å². The van der Waals surface area contributed by atoms with Gasteiger partial charge in [0.2, 0.25) is 0 Å². The number of aryl methyl sites for hydroxylation is 1. The zero-order valence-corrected chi connectivity index (χ0v) is 18.0. The SMILES string of the molecule is COc1cc(/C=N/NC(=O)c2cccc(C)c2)ccc1OCc1ccc(Cl)cc1Cl. The van der Waals surface area contributed by atoms with Crippen LogP contribution in [0.15, 0.2) is 65.8 Å². The smallest absolute Gasteiger partial charge is 0.271 e. The van der Waals surface area contributed by atoms with Crippen molar-refractivity contribution < 1.29 is 14.3 Å². The Morgan fingerprint density at radius 3 is 2.63 bits per heavy atom. The monoisotopic (exact) mass is 442 g/mol. The highest BCUT2D eigenvalue weighted by Crippen LogP contribution is 2.29. The first-order valence-electron chi connectivity index (χ1n) is 9.11. The molecule has 1 amide bonds.